The largest absolute Gasteiger partial charge is 0.478 e. The lowest BCUT2D eigenvalue weighted by Gasteiger charge is -2.29. The first-order valence-corrected chi connectivity index (χ1v) is 8.01. The molecule has 1 saturated carbocycles. The van der Waals surface area contributed by atoms with Crippen LogP contribution < -0.4 is 5.32 Å². The Bertz CT molecular complexity index is 596. The van der Waals surface area contributed by atoms with Crippen molar-refractivity contribution >= 4 is 5.97 Å². The van der Waals surface area contributed by atoms with Crippen LogP contribution in [0.2, 0.25) is 0 Å². The quantitative estimate of drug-likeness (QED) is 0.844. The highest BCUT2D eigenvalue weighted by Crippen LogP contribution is 2.42. The summed E-state index contributed by atoms with van der Waals surface area (Å²) in [4.78, 5) is 11.1. The molecule has 23 heavy (non-hydrogen) atoms. The van der Waals surface area contributed by atoms with Crippen LogP contribution in [-0.2, 0) is 11.3 Å². The number of hydrogen-bond acceptors (Lipinski definition) is 3. The molecule has 2 fully saturated rings. The van der Waals surface area contributed by atoms with Crippen molar-refractivity contribution in [2.45, 2.75) is 43.9 Å². The summed E-state index contributed by atoms with van der Waals surface area (Å²) in [5.74, 6) is -1.77. The first-order valence-electron chi connectivity index (χ1n) is 8.01. The number of ether oxygens (including phenoxy) is 1. The second-order valence-electron chi connectivity index (χ2n) is 6.50. The number of aromatic carboxylic acids is 1. The summed E-state index contributed by atoms with van der Waals surface area (Å²) >= 11 is 0. The topological polar surface area (TPSA) is 58.6 Å². The first-order chi connectivity index (χ1) is 11.0. The standard InChI is InChI=1S/C17H21F2NO3/c18-15-7-12(9-23-10-17(19)3-5-20-6-4-17)13(11-1-2-11)8-14(15)16(21)22/h7-8,11,20H,1-6,9-10H2,(H,21,22). The van der Waals surface area contributed by atoms with Crippen molar-refractivity contribution in [1.82, 2.24) is 5.32 Å². The smallest absolute Gasteiger partial charge is 0.338 e. The van der Waals surface area contributed by atoms with Crippen molar-refractivity contribution in [3.05, 3.63) is 34.6 Å². The Labute approximate surface area is 133 Å². The summed E-state index contributed by atoms with van der Waals surface area (Å²) in [5, 5.41) is 12.1. The van der Waals surface area contributed by atoms with E-state index in [1.165, 1.54) is 12.1 Å². The molecule has 0 aromatic heterocycles. The molecule has 0 spiro atoms. The highest BCUT2D eigenvalue weighted by atomic mass is 19.1. The molecule has 4 nitrogen and oxygen atoms in total. The van der Waals surface area contributed by atoms with E-state index in [-0.39, 0.29) is 24.7 Å². The lowest BCUT2D eigenvalue weighted by molar-refractivity contribution is -0.0109. The summed E-state index contributed by atoms with van der Waals surface area (Å²) in [6.07, 6.45) is 2.76. The number of halogens is 2. The molecular formula is C17H21F2NO3. The fraction of sp³-hybridized carbons (Fsp3) is 0.588. The Morgan fingerprint density at radius 2 is 2.04 bits per heavy atom. The van der Waals surface area contributed by atoms with Crippen molar-refractivity contribution in [2.75, 3.05) is 19.7 Å². The maximum atomic E-state index is 14.5. The van der Waals surface area contributed by atoms with Gasteiger partial charge in [0.1, 0.15) is 11.5 Å². The van der Waals surface area contributed by atoms with Crippen molar-refractivity contribution in [3.8, 4) is 0 Å². The maximum absolute atomic E-state index is 14.5. The molecule has 1 aliphatic heterocycles. The molecule has 2 N–H and O–H groups in total. The van der Waals surface area contributed by atoms with Crippen LogP contribution in [0.5, 0.6) is 0 Å². The zero-order valence-corrected chi connectivity index (χ0v) is 12.9. The fourth-order valence-electron chi connectivity index (χ4n) is 3.06. The van der Waals surface area contributed by atoms with E-state index in [0.29, 0.717) is 31.5 Å². The predicted molar refractivity (Wildman–Crippen MR) is 80.9 cm³/mol. The highest BCUT2D eigenvalue weighted by molar-refractivity contribution is 5.88. The van der Waals surface area contributed by atoms with E-state index in [1.54, 1.807) is 0 Å². The minimum absolute atomic E-state index is 0.0128. The van der Waals surface area contributed by atoms with Crippen LogP contribution in [0.3, 0.4) is 0 Å². The number of alkyl halides is 1. The fourth-order valence-corrected chi connectivity index (χ4v) is 3.06. The molecule has 0 amide bonds. The van der Waals surface area contributed by atoms with Crippen molar-refractivity contribution in [2.24, 2.45) is 0 Å². The van der Waals surface area contributed by atoms with Gasteiger partial charge in [-0.3, -0.25) is 0 Å². The van der Waals surface area contributed by atoms with Crippen molar-refractivity contribution in [1.29, 1.82) is 0 Å². The Balaban J connectivity index is 1.69. The second-order valence-corrected chi connectivity index (χ2v) is 6.50. The predicted octanol–water partition coefficient (Wildman–Crippen LogP) is 3.01. The third-order valence-corrected chi connectivity index (χ3v) is 4.59. The van der Waals surface area contributed by atoms with E-state index >= 15 is 0 Å². The molecule has 2 aliphatic rings. The number of carboxylic acids is 1. The second kappa shape index (κ2) is 6.53. The molecule has 3 rings (SSSR count). The average Bonchev–Trinajstić information content (AvgIpc) is 3.32. The van der Waals surface area contributed by atoms with Crippen LogP contribution in [0.15, 0.2) is 12.1 Å². The van der Waals surface area contributed by atoms with Crippen LogP contribution in [0.25, 0.3) is 0 Å². The molecule has 1 aromatic carbocycles. The van der Waals surface area contributed by atoms with E-state index in [2.05, 4.69) is 5.32 Å². The van der Waals surface area contributed by atoms with E-state index in [4.69, 9.17) is 9.84 Å². The minimum atomic E-state index is -1.33. The summed E-state index contributed by atoms with van der Waals surface area (Å²) in [5.41, 5.74) is -0.185. The lowest BCUT2D eigenvalue weighted by Crippen LogP contribution is -2.41. The van der Waals surface area contributed by atoms with Crippen molar-refractivity contribution < 1.29 is 23.4 Å². The van der Waals surface area contributed by atoms with Gasteiger partial charge in [0.15, 0.2) is 0 Å². The van der Waals surface area contributed by atoms with Gasteiger partial charge in [-0.15, -0.1) is 0 Å². The number of rotatable bonds is 6. The third kappa shape index (κ3) is 3.87. The normalized spacial score (nSPS) is 20.4. The first kappa shape index (κ1) is 16.3. The van der Waals surface area contributed by atoms with Crippen LogP contribution in [0.1, 0.15) is 53.1 Å². The van der Waals surface area contributed by atoms with E-state index < -0.39 is 17.5 Å². The van der Waals surface area contributed by atoms with Crippen LogP contribution >= 0.6 is 0 Å². The average molecular weight is 325 g/mol. The molecule has 0 radical (unpaired) electrons. The molecule has 1 aliphatic carbocycles. The number of nitrogens with one attached hydrogen (secondary N) is 1. The number of carboxylic acid groups (broad SMARTS) is 1. The van der Waals surface area contributed by atoms with Gasteiger partial charge in [0.2, 0.25) is 0 Å². The SMILES string of the molecule is O=C(O)c1cc(C2CC2)c(COCC2(F)CCNCC2)cc1F. The van der Waals surface area contributed by atoms with E-state index in [1.807, 2.05) is 0 Å². The molecule has 1 saturated heterocycles. The summed E-state index contributed by atoms with van der Waals surface area (Å²) in [6, 6.07) is 2.63. The van der Waals surface area contributed by atoms with E-state index in [0.717, 1.165) is 18.4 Å². The lowest BCUT2D eigenvalue weighted by atomic mass is 9.95. The summed E-state index contributed by atoms with van der Waals surface area (Å²) < 4.78 is 33.9. The van der Waals surface area contributed by atoms with Crippen LogP contribution in [0.4, 0.5) is 8.78 Å². The molecular weight excluding hydrogens is 304 g/mol. The zero-order chi connectivity index (χ0) is 16.4. The van der Waals surface area contributed by atoms with Gasteiger partial charge in [0.05, 0.1) is 18.8 Å². The zero-order valence-electron chi connectivity index (χ0n) is 12.9. The van der Waals surface area contributed by atoms with Crippen LogP contribution in [0, 0.1) is 5.82 Å². The summed E-state index contributed by atoms with van der Waals surface area (Å²) in [7, 11) is 0. The summed E-state index contributed by atoms with van der Waals surface area (Å²) in [6.45, 7) is 1.37. The van der Waals surface area contributed by atoms with Crippen molar-refractivity contribution in [3.63, 3.8) is 0 Å². The van der Waals surface area contributed by atoms with Crippen LogP contribution in [-0.4, -0.2) is 36.4 Å². The number of hydrogen-bond donors (Lipinski definition) is 2. The van der Waals surface area contributed by atoms with Gasteiger partial charge in [0, 0.05) is 0 Å². The Morgan fingerprint density at radius 1 is 1.35 bits per heavy atom. The van der Waals surface area contributed by atoms with E-state index in [9.17, 15) is 13.6 Å². The third-order valence-electron chi connectivity index (χ3n) is 4.59. The number of carbonyl (C=O) groups is 1. The van der Waals surface area contributed by atoms with Gasteiger partial charge in [0.25, 0.3) is 0 Å². The Kier molecular flexibility index (Phi) is 4.64. The maximum Gasteiger partial charge on any atom is 0.338 e. The van der Waals surface area contributed by atoms with Gasteiger partial charge in [-0.2, -0.15) is 0 Å². The Hall–Kier alpha value is -1.53. The molecule has 6 heteroatoms. The highest BCUT2D eigenvalue weighted by Gasteiger charge is 2.32. The molecule has 0 bridgehead atoms. The van der Waals surface area contributed by atoms with Gasteiger partial charge in [-0.1, -0.05) is 0 Å². The Morgan fingerprint density at radius 3 is 2.65 bits per heavy atom. The monoisotopic (exact) mass is 325 g/mol. The number of piperidine rings is 1. The minimum Gasteiger partial charge on any atom is -0.478 e. The molecule has 0 atom stereocenters. The van der Waals surface area contributed by atoms with Gasteiger partial charge in [-0.25, -0.2) is 13.6 Å². The molecule has 0 unspecified atom stereocenters. The van der Waals surface area contributed by atoms with Gasteiger partial charge in [-0.05, 0) is 68.0 Å². The molecule has 1 aromatic rings. The molecule has 1 heterocycles. The number of benzene rings is 1. The van der Waals surface area contributed by atoms with Gasteiger partial charge >= 0.3 is 5.97 Å². The molecule has 126 valence electrons. The van der Waals surface area contributed by atoms with Gasteiger partial charge < -0.3 is 15.2 Å².